The van der Waals surface area contributed by atoms with Crippen molar-refractivity contribution in [3.63, 3.8) is 0 Å². The molecule has 1 aromatic heterocycles. The van der Waals surface area contributed by atoms with Gasteiger partial charge in [0, 0.05) is 17.3 Å². The van der Waals surface area contributed by atoms with Gasteiger partial charge in [-0.25, -0.2) is 4.79 Å². The second-order valence-corrected chi connectivity index (χ2v) is 10.3. The van der Waals surface area contributed by atoms with Gasteiger partial charge in [0.2, 0.25) is 0 Å². The second kappa shape index (κ2) is 10.6. The summed E-state index contributed by atoms with van der Waals surface area (Å²) < 4.78 is 18.8. The SMILES string of the molecule is C[C@H](COp1oc2ccc3ccccc3c2c2c(ccc3ccccc32)o1)NC(=O)NCc1ccccc1. The van der Waals surface area contributed by atoms with Gasteiger partial charge in [0.05, 0.1) is 12.6 Å². The van der Waals surface area contributed by atoms with Crippen LogP contribution in [0.5, 0.6) is 0 Å². The molecule has 38 heavy (non-hydrogen) atoms. The van der Waals surface area contributed by atoms with Crippen molar-refractivity contribution in [2.75, 3.05) is 6.61 Å². The van der Waals surface area contributed by atoms with Crippen molar-refractivity contribution in [2.24, 2.45) is 0 Å². The molecule has 2 N–H and O–H groups in total. The van der Waals surface area contributed by atoms with E-state index in [0.717, 1.165) is 37.9 Å². The number of urea groups is 1. The van der Waals surface area contributed by atoms with E-state index in [4.69, 9.17) is 12.9 Å². The molecule has 0 saturated carbocycles. The molecule has 0 bridgehead atoms. The van der Waals surface area contributed by atoms with Gasteiger partial charge in [0.25, 0.3) is 0 Å². The fourth-order valence-electron chi connectivity index (χ4n) is 4.67. The molecular formula is C31H27N2O4P. The molecule has 0 aliphatic rings. The van der Waals surface area contributed by atoms with Crippen LogP contribution in [-0.2, 0) is 6.54 Å². The molecule has 0 fully saturated rings. The first-order valence-electron chi connectivity index (χ1n) is 12.6. The van der Waals surface area contributed by atoms with E-state index in [1.807, 2.05) is 73.7 Å². The van der Waals surface area contributed by atoms with Crippen LogP contribution in [-0.4, -0.2) is 18.7 Å². The van der Waals surface area contributed by atoms with E-state index in [9.17, 15) is 4.79 Å². The molecule has 0 radical (unpaired) electrons. The lowest BCUT2D eigenvalue weighted by atomic mass is 9.99. The molecule has 0 saturated heterocycles. The Hall–Kier alpha value is -4.25. The predicted molar refractivity (Wildman–Crippen MR) is 154 cm³/mol. The van der Waals surface area contributed by atoms with Crippen LogP contribution in [0.4, 0.5) is 4.79 Å². The maximum absolute atomic E-state index is 12.4. The highest BCUT2D eigenvalue weighted by Crippen LogP contribution is 2.40. The van der Waals surface area contributed by atoms with E-state index in [-0.39, 0.29) is 18.7 Å². The summed E-state index contributed by atoms with van der Waals surface area (Å²) in [5.41, 5.74) is 2.46. The molecule has 1 atom stereocenters. The van der Waals surface area contributed by atoms with E-state index in [0.29, 0.717) is 17.7 Å². The highest BCUT2D eigenvalue weighted by Gasteiger charge is 2.14. The summed E-state index contributed by atoms with van der Waals surface area (Å²) in [6.45, 7) is 2.57. The minimum absolute atomic E-state index is 0.232. The maximum Gasteiger partial charge on any atom is 0.387 e. The summed E-state index contributed by atoms with van der Waals surface area (Å²) in [6, 6.07) is 33.9. The second-order valence-electron chi connectivity index (χ2n) is 9.24. The van der Waals surface area contributed by atoms with E-state index in [1.165, 1.54) is 0 Å². The number of hydrogen-bond donors (Lipinski definition) is 2. The van der Waals surface area contributed by atoms with Gasteiger partial charge in [-0.15, -0.1) is 0 Å². The Labute approximate surface area is 220 Å². The summed E-state index contributed by atoms with van der Waals surface area (Å²) >= 11 is 0. The Bertz CT molecular complexity index is 1700. The smallest absolute Gasteiger partial charge is 0.387 e. The quantitative estimate of drug-likeness (QED) is 0.233. The number of carbonyl (C=O) groups excluding carboxylic acids is 1. The Morgan fingerprint density at radius 2 is 1.32 bits per heavy atom. The zero-order valence-corrected chi connectivity index (χ0v) is 21.8. The van der Waals surface area contributed by atoms with Crippen LogP contribution >= 0.6 is 8.24 Å². The van der Waals surface area contributed by atoms with Gasteiger partial charge in [-0.1, -0.05) is 91.0 Å². The van der Waals surface area contributed by atoms with Gasteiger partial charge in [-0.05, 0) is 46.2 Å². The third kappa shape index (κ3) is 4.97. The molecule has 0 spiro atoms. The summed E-state index contributed by atoms with van der Waals surface area (Å²) in [5, 5.41) is 12.2. The summed E-state index contributed by atoms with van der Waals surface area (Å²) in [4.78, 5) is 12.4. The Morgan fingerprint density at radius 3 is 1.92 bits per heavy atom. The molecule has 0 aliphatic heterocycles. The fourth-order valence-corrected chi connectivity index (χ4v) is 5.78. The van der Waals surface area contributed by atoms with Crippen molar-refractivity contribution in [3.05, 3.63) is 109 Å². The first kappa shape index (κ1) is 24.1. The van der Waals surface area contributed by atoms with Crippen molar-refractivity contribution in [1.29, 1.82) is 0 Å². The number of fused-ring (bicyclic) bond motifs is 7. The monoisotopic (exact) mass is 522 g/mol. The average Bonchev–Trinajstić information content (AvgIpc) is 3.12. The standard InChI is InChI=1S/C31H27N2O4P/c1-21(33-31(34)32-19-22-9-3-2-4-10-22)20-35-38-36-27-17-15-23-11-5-7-13-25(23)29(27)30-26-14-8-6-12-24(26)16-18-28(30)37-38/h2-18,21H,19-20H2,1H3,(H2,32,33,34)/t21-/m1/s1. The molecule has 0 aliphatic carbocycles. The molecular weight excluding hydrogens is 495 g/mol. The first-order valence-corrected chi connectivity index (χ1v) is 13.7. The first-order chi connectivity index (χ1) is 18.7. The Morgan fingerprint density at radius 1 is 0.763 bits per heavy atom. The minimum Gasteiger partial charge on any atom is -0.399 e. The summed E-state index contributed by atoms with van der Waals surface area (Å²) in [7, 11) is -1.76. The molecule has 5 aromatic carbocycles. The fraction of sp³-hybridized carbons (Fsp3) is 0.129. The third-order valence-electron chi connectivity index (χ3n) is 6.48. The average molecular weight is 523 g/mol. The molecule has 6 rings (SSSR count). The molecule has 6 aromatic rings. The van der Waals surface area contributed by atoms with E-state index in [1.54, 1.807) is 0 Å². The van der Waals surface area contributed by atoms with Crippen molar-refractivity contribution < 1.29 is 17.7 Å². The molecule has 0 unspecified atom stereocenters. The maximum atomic E-state index is 12.4. The zero-order chi connectivity index (χ0) is 25.9. The lowest BCUT2D eigenvalue weighted by Crippen LogP contribution is -2.42. The summed E-state index contributed by atoms with van der Waals surface area (Å²) in [6.07, 6.45) is 0. The number of nitrogens with one attached hydrogen (secondary N) is 2. The van der Waals surface area contributed by atoms with Crippen LogP contribution < -0.4 is 15.2 Å². The topological polar surface area (TPSA) is 76.6 Å². The molecule has 2 amide bonds. The molecule has 7 heteroatoms. The van der Waals surface area contributed by atoms with Crippen LogP contribution in [0, 0.1) is 0 Å². The van der Waals surface area contributed by atoms with E-state index < -0.39 is 8.24 Å². The van der Waals surface area contributed by atoms with Gasteiger partial charge in [0.1, 0.15) is 11.2 Å². The normalized spacial score (nSPS) is 12.1. The summed E-state index contributed by atoms with van der Waals surface area (Å²) in [5.74, 6) is 0. The number of hydrogen-bond acceptors (Lipinski definition) is 4. The third-order valence-corrected chi connectivity index (χ3v) is 7.53. The van der Waals surface area contributed by atoms with Crippen LogP contribution in [0.1, 0.15) is 12.5 Å². The van der Waals surface area contributed by atoms with Gasteiger partial charge >= 0.3 is 14.3 Å². The Balaban J connectivity index is 1.32. The lowest BCUT2D eigenvalue weighted by Gasteiger charge is -2.13. The largest absolute Gasteiger partial charge is 0.399 e. The van der Waals surface area contributed by atoms with Crippen LogP contribution in [0.3, 0.4) is 0 Å². The highest BCUT2D eigenvalue weighted by molar-refractivity contribution is 7.31. The highest BCUT2D eigenvalue weighted by atomic mass is 31.1. The van der Waals surface area contributed by atoms with Crippen LogP contribution in [0.2, 0.25) is 0 Å². The van der Waals surface area contributed by atoms with E-state index >= 15 is 0 Å². The lowest BCUT2D eigenvalue weighted by molar-refractivity contribution is 0.232. The van der Waals surface area contributed by atoms with Crippen molar-refractivity contribution in [3.8, 4) is 0 Å². The van der Waals surface area contributed by atoms with Crippen LogP contribution in [0.15, 0.2) is 112 Å². The number of amides is 2. The van der Waals surface area contributed by atoms with Crippen molar-refractivity contribution in [2.45, 2.75) is 19.5 Å². The van der Waals surface area contributed by atoms with E-state index in [2.05, 4.69) is 47.0 Å². The minimum atomic E-state index is -1.76. The van der Waals surface area contributed by atoms with Crippen LogP contribution in [0.25, 0.3) is 43.5 Å². The van der Waals surface area contributed by atoms with Gasteiger partial charge in [0.15, 0.2) is 0 Å². The molecule has 6 nitrogen and oxygen atoms in total. The number of carbonyl (C=O) groups is 1. The Kier molecular flexibility index (Phi) is 6.74. The van der Waals surface area contributed by atoms with Gasteiger partial charge in [-0.3, -0.25) is 4.52 Å². The molecule has 190 valence electrons. The van der Waals surface area contributed by atoms with Gasteiger partial charge in [-0.2, -0.15) is 0 Å². The van der Waals surface area contributed by atoms with Crippen molar-refractivity contribution in [1.82, 2.24) is 10.6 Å². The predicted octanol–water partition coefficient (Wildman–Crippen LogP) is 7.91. The van der Waals surface area contributed by atoms with Gasteiger partial charge < -0.3 is 19.0 Å². The van der Waals surface area contributed by atoms with Crippen molar-refractivity contribution >= 4 is 57.8 Å². The molecule has 1 heterocycles. The number of rotatable bonds is 6. The zero-order valence-electron chi connectivity index (χ0n) is 20.9. The number of benzene rings is 5.